The molecule has 0 saturated heterocycles. The highest BCUT2D eigenvalue weighted by Gasteiger charge is 2.29. The summed E-state index contributed by atoms with van der Waals surface area (Å²) in [6, 6.07) is 8.91. The zero-order chi connectivity index (χ0) is 18.4. The van der Waals surface area contributed by atoms with Crippen molar-refractivity contribution in [2.45, 2.75) is 32.2 Å². The summed E-state index contributed by atoms with van der Waals surface area (Å²) in [6.45, 7) is 2.19. The van der Waals surface area contributed by atoms with Crippen LogP contribution in [0.15, 0.2) is 50.0 Å². The second-order valence-corrected chi connectivity index (χ2v) is 6.78. The summed E-state index contributed by atoms with van der Waals surface area (Å²) >= 11 is 0. The molecule has 1 saturated carbocycles. The molecule has 1 aromatic carbocycles. The SMILES string of the molecule is Cc1ccc(CNC(=O)c2ccc3onc(-c4coc(C5CC5)n4)c3c2)o1. The Balaban J connectivity index is 1.40. The first-order chi connectivity index (χ1) is 13.2. The van der Waals surface area contributed by atoms with E-state index in [2.05, 4.69) is 15.5 Å². The van der Waals surface area contributed by atoms with Crippen LogP contribution in [-0.2, 0) is 6.54 Å². The van der Waals surface area contributed by atoms with Gasteiger partial charge in [0.25, 0.3) is 5.91 Å². The second-order valence-electron chi connectivity index (χ2n) is 6.78. The van der Waals surface area contributed by atoms with E-state index >= 15 is 0 Å². The lowest BCUT2D eigenvalue weighted by atomic mass is 10.1. The molecule has 5 rings (SSSR count). The van der Waals surface area contributed by atoms with Gasteiger partial charge in [-0.15, -0.1) is 0 Å². The Hall–Kier alpha value is -3.35. The molecule has 4 aromatic rings. The zero-order valence-corrected chi connectivity index (χ0v) is 14.7. The number of aromatic nitrogens is 2. The molecule has 1 fully saturated rings. The van der Waals surface area contributed by atoms with E-state index in [4.69, 9.17) is 13.4 Å². The number of hydrogen-bond acceptors (Lipinski definition) is 6. The Morgan fingerprint density at radius 1 is 1.26 bits per heavy atom. The average Bonchev–Trinajstić information content (AvgIpc) is 3.07. The van der Waals surface area contributed by atoms with Crippen LogP contribution in [0, 0.1) is 6.92 Å². The standard InChI is InChI=1S/C20H17N3O4/c1-11-2-6-14(26-11)9-21-19(24)13-5-7-17-15(8-13)18(23-27-17)16-10-25-20(22-16)12-3-4-12/h2,5-8,10,12H,3-4,9H2,1H3,(H,21,24). The van der Waals surface area contributed by atoms with Crippen LogP contribution < -0.4 is 5.32 Å². The third-order valence-electron chi connectivity index (χ3n) is 4.64. The summed E-state index contributed by atoms with van der Waals surface area (Å²) < 4.78 is 16.4. The topological polar surface area (TPSA) is 94.3 Å². The Morgan fingerprint density at radius 2 is 2.15 bits per heavy atom. The molecule has 1 aliphatic rings. The molecule has 0 radical (unpaired) electrons. The van der Waals surface area contributed by atoms with E-state index in [1.165, 1.54) is 0 Å². The van der Waals surface area contributed by atoms with Crippen molar-refractivity contribution in [1.82, 2.24) is 15.5 Å². The van der Waals surface area contributed by atoms with E-state index in [1.807, 2.05) is 19.1 Å². The lowest BCUT2D eigenvalue weighted by molar-refractivity contribution is 0.0948. The minimum absolute atomic E-state index is 0.197. The minimum Gasteiger partial charge on any atom is -0.465 e. The first-order valence-electron chi connectivity index (χ1n) is 8.86. The molecular weight excluding hydrogens is 346 g/mol. The average molecular weight is 363 g/mol. The third kappa shape index (κ3) is 3.01. The fourth-order valence-corrected chi connectivity index (χ4v) is 3.03. The van der Waals surface area contributed by atoms with E-state index in [0.717, 1.165) is 29.9 Å². The summed E-state index contributed by atoms with van der Waals surface area (Å²) in [6.07, 6.45) is 3.81. The summed E-state index contributed by atoms with van der Waals surface area (Å²) in [5, 5.41) is 7.69. The number of aryl methyl sites for hydroxylation is 1. The van der Waals surface area contributed by atoms with Crippen molar-refractivity contribution in [2.75, 3.05) is 0 Å². The minimum atomic E-state index is -0.197. The number of furan rings is 1. The van der Waals surface area contributed by atoms with Gasteiger partial charge in [-0.05, 0) is 50.1 Å². The van der Waals surface area contributed by atoms with E-state index in [1.54, 1.807) is 24.5 Å². The van der Waals surface area contributed by atoms with Crippen molar-refractivity contribution in [1.29, 1.82) is 0 Å². The summed E-state index contributed by atoms with van der Waals surface area (Å²) in [5.41, 5.74) is 2.32. The molecule has 0 bridgehead atoms. The van der Waals surface area contributed by atoms with Gasteiger partial charge in [0, 0.05) is 11.5 Å². The van der Waals surface area contributed by atoms with Crippen molar-refractivity contribution in [3.05, 3.63) is 59.6 Å². The molecule has 1 N–H and O–H groups in total. The fraction of sp³-hybridized carbons (Fsp3) is 0.250. The first kappa shape index (κ1) is 15.9. The van der Waals surface area contributed by atoms with Gasteiger partial charge in [0.1, 0.15) is 29.2 Å². The predicted octanol–water partition coefficient (Wildman–Crippen LogP) is 4.19. The van der Waals surface area contributed by atoms with Gasteiger partial charge in [0.05, 0.1) is 11.9 Å². The number of amides is 1. The Morgan fingerprint density at radius 3 is 2.93 bits per heavy atom. The Bertz CT molecular complexity index is 1130. The van der Waals surface area contributed by atoms with Crippen LogP contribution in [0.5, 0.6) is 0 Å². The predicted molar refractivity (Wildman–Crippen MR) is 96.1 cm³/mol. The van der Waals surface area contributed by atoms with E-state index in [0.29, 0.717) is 40.8 Å². The van der Waals surface area contributed by atoms with Gasteiger partial charge in [0.15, 0.2) is 11.5 Å². The maximum absolute atomic E-state index is 12.5. The van der Waals surface area contributed by atoms with Gasteiger partial charge in [-0.2, -0.15) is 0 Å². The van der Waals surface area contributed by atoms with Crippen molar-refractivity contribution >= 4 is 16.9 Å². The fourth-order valence-electron chi connectivity index (χ4n) is 3.03. The van der Waals surface area contributed by atoms with Crippen LogP contribution in [0.2, 0.25) is 0 Å². The van der Waals surface area contributed by atoms with Gasteiger partial charge in [-0.3, -0.25) is 4.79 Å². The Labute approximate surface area is 154 Å². The largest absolute Gasteiger partial charge is 0.465 e. The first-order valence-corrected chi connectivity index (χ1v) is 8.86. The van der Waals surface area contributed by atoms with Crippen molar-refractivity contribution in [3.8, 4) is 11.4 Å². The molecule has 3 aromatic heterocycles. The van der Waals surface area contributed by atoms with Crippen LogP contribution >= 0.6 is 0 Å². The van der Waals surface area contributed by atoms with Gasteiger partial charge in [-0.1, -0.05) is 5.16 Å². The third-order valence-corrected chi connectivity index (χ3v) is 4.64. The molecular formula is C20H17N3O4. The molecule has 1 aliphatic carbocycles. The molecule has 27 heavy (non-hydrogen) atoms. The van der Waals surface area contributed by atoms with Gasteiger partial charge >= 0.3 is 0 Å². The molecule has 7 nitrogen and oxygen atoms in total. The van der Waals surface area contributed by atoms with E-state index in [-0.39, 0.29) is 5.91 Å². The zero-order valence-electron chi connectivity index (χ0n) is 14.7. The normalized spacial score (nSPS) is 14.0. The summed E-state index contributed by atoms with van der Waals surface area (Å²) in [7, 11) is 0. The number of hydrogen-bond donors (Lipinski definition) is 1. The highest BCUT2D eigenvalue weighted by molar-refractivity contribution is 6.00. The molecule has 0 unspecified atom stereocenters. The van der Waals surface area contributed by atoms with Crippen molar-refractivity contribution in [2.24, 2.45) is 0 Å². The van der Waals surface area contributed by atoms with Gasteiger partial charge < -0.3 is 18.7 Å². The number of oxazole rings is 1. The number of nitrogens with one attached hydrogen (secondary N) is 1. The summed E-state index contributed by atoms with van der Waals surface area (Å²) in [5.74, 6) is 2.49. The second kappa shape index (κ2) is 6.12. The maximum atomic E-state index is 12.5. The molecule has 0 aliphatic heterocycles. The van der Waals surface area contributed by atoms with Crippen molar-refractivity contribution in [3.63, 3.8) is 0 Å². The van der Waals surface area contributed by atoms with Crippen LogP contribution in [0.25, 0.3) is 22.4 Å². The highest BCUT2D eigenvalue weighted by atomic mass is 16.5. The van der Waals surface area contributed by atoms with Crippen molar-refractivity contribution < 1.29 is 18.2 Å². The van der Waals surface area contributed by atoms with Crippen LogP contribution in [0.1, 0.15) is 46.5 Å². The molecule has 1 amide bonds. The smallest absolute Gasteiger partial charge is 0.251 e. The van der Waals surface area contributed by atoms with E-state index < -0.39 is 0 Å². The Kier molecular flexibility index (Phi) is 3.60. The number of fused-ring (bicyclic) bond motifs is 1. The van der Waals surface area contributed by atoms with E-state index in [9.17, 15) is 4.79 Å². The highest BCUT2D eigenvalue weighted by Crippen LogP contribution is 2.40. The number of rotatable bonds is 5. The number of carbonyl (C=O) groups is 1. The number of benzene rings is 1. The molecule has 136 valence electrons. The number of nitrogens with zero attached hydrogens (tertiary/aromatic N) is 2. The lowest BCUT2D eigenvalue weighted by Gasteiger charge is -2.03. The van der Waals surface area contributed by atoms with Crippen LogP contribution in [0.3, 0.4) is 0 Å². The molecule has 7 heteroatoms. The van der Waals surface area contributed by atoms with Crippen LogP contribution in [0.4, 0.5) is 0 Å². The summed E-state index contributed by atoms with van der Waals surface area (Å²) in [4.78, 5) is 17.0. The lowest BCUT2D eigenvalue weighted by Crippen LogP contribution is -2.22. The van der Waals surface area contributed by atoms with Crippen LogP contribution in [-0.4, -0.2) is 16.0 Å². The molecule has 3 heterocycles. The monoisotopic (exact) mass is 363 g/mol. The number of carbonyl (C=O) groups excluding carboxylic acids is 1. The van der Waals surface area contributed by atoms with Gasteiger partial charge in [0.2, 0.25) is 0 Å². The van der Waals surface area contributed by atoms with Gasteiger partial charge in [-0.25, -0.2) is 4.98 Å². The molecule has 0 atom stereocenters. The quantitative estimate of drug-likeness (QED) is 0.571. The maximum Gasteiger partial charge on any atom is 0.251 e. The molecule has 0 spiro atoms.